The normalized spacial score (nSPS) is 22.6. The molecule has 5 atom stereocenters. The van der Waals surface area contributed by atoms with Crippen LogP contribution in [0.2, 0.25) is 0 Å². The minimum Gasteiger partial charge on any atom is -0.493 e. The number of hydrogen-bond acceptors (Lipinski definition) is 7. The molecule has 1 aliphatic carbocycles. The van der Waals surface area contributed by atoms with Gasteiger partial charge in [-0.3, -0.25) is 4.57 Å². The summed E-state index contributed by atoms with van der Waals surface area (Å²) < 4.78 is 37.9. The summed E-state index contributed by atoms with van der Waals surface area (Å²) in [5, 5.41) is 12.2. The van der Waals surface area contributed by atoms with Crippen LogP contribution in [0.1, 0.15) is 51.4 Å². The fourth-order valence-electron chi connectivity index (χ4n) is 5.10. The average Bonchev–Trinajstić information content (AvgIpc) is 2.87. The number of hydrogen-bond donors (Lipinski definition) is 1. The molecule has 0 bridgehead atoms. The van der Waals surface area contributed by atoms with E-state index in [1.54, 1.807) is 24.3 Å². The molecular formula is C28H42NO6P. The highest BCUT2D eigenvalue weighted by Crippen LogP contribution is 2.61. The third-order valence-corrected chi connectivity index (χ3v) is 9.83. The largest absolute Gasteiger partial charge is 0.493 e. The molecule has 1 fully saturated rings. The van der Waals surface area contributed by atoms with E-state index in [1.807, 2.05) is 31.1 Å². The van der Waals surface area contributed by atoms with Gasteiger partial charge in [-0.05, 0) is 72.6 Å². The molecule has 0 aromatic heterocycles. The maximum absolute atomic E-state index is 14.9. The number of benzene rings is 2. The Bertz CT molecular complexity index is 1030. The third-order valence-electron chi connectivity index (χ3n) is 7.29. The fourth-order valence-corrected chi connectivity index (χ4v) is 7.37. The molecule has 200 valence electrons. The Morgan fingerprint density at radius 1 is 0.972 bits per heavy atom. The van der Waals surface area contributed by atoms with Crippen molar-refractivity contribution in [1.82, 2.24) is 0 Å². The van der Waals surface area contributed by atoms with Gasteiger partial charge >= 0.3 is 0 Å². The number of methoxy groups -OCH3 is 3. The molecular weight excluding hydrogens is 477 g/mol. The van der Waals surface area contributed by atoms with Crippen molar-refractivity contribution >= 4 is 18.4 Å². The summed E-state index contributed by atoms with van der Waals surface area (Å²) in [7, 11) is 4.64. The molecule has 0 spiro atoms. The number of aliphatic hydroxyl groups excluding tert-OH is 1. The number of aliphatic hydroxyl groups is 1. The molecule has 0 amide bonds. The van der Waals surface area contributed by atoms with Gasteiger partial charge in [0.2, 0.25) is 5.75 Å². The monoisotopic (exact) mass is 519 g/mol. The van der Waals surface area contributed by atoms with E-state index in [0.29, 0.717) is 40.0 Å². The van der Waals surface area contributed by atoms with Crippen LogP contribution in [0.25, 0.3) is 0 Å². The van der Waals surface area contributed by atoms with Crippen LogP contribution in [0.5, 0.6) is 17.2 Å². The maximum Gasteiger partial charge on any atom is 0.264 e. The molecule has 1 N–H and O–H groups in total. The topological polar surface area (TPSA) is 77.5 Å². The van der Waals surface area contributed by atoms with Crippen molar-refractivity contribution in [3.05, 3.63) is 42.0 Å². The molecule has 1 aliphatic rings. The van der Waals surface area contributed by atoms with Crippen LogP contribution >= 0.6 is 7.37 Å². The minimum absolute atomic E-state index is 0.218. The predicted molar refractivity (Wildman–Crippen MR) is 145 cm³/mol. The lowest BCUT2D eigenvalue weighted by atomic mass is 9.75. The van der Waals surface area contributed by atoms with Crippen molar-refractivity contribution in [2.75, 3.05) is 40.3 Å². The molecule has 1 saturated carbocycles. The number of anilines is 1. The first-order chi connectivity index (χ1) is 17.0. The third kappa shape index (κ3) is 5.85. The van der Waals surface area contributed by atoms with Gasteiger partial charge in [0.15, 0.2) is 17.3 Å². The summed E-state index contributed by atoms with van der Waals surface area (Å²) in [4.78, 5) is 1.98. The van der Waals surface area contributed by atoms with Gasteiger partial charge in [0.05, 0.1) is 27.4 Å². The highest BCUT2D eigenvalue weighted by atomic mass is 31.2. The predicted octanol–water partition coefficient (Wildman–Crippen LogP) is 5.85. The van der Waals surface area contributed by atoms with Crippen LogP contribution in [0, 0.1) is 17.8 Å². The second-order valence-corrected chi connectivity index (χ2v) is 12.7. The van der Waals surface area contributed by atoms with Gasteiger partial charge in [-0.2, -0.15) is 0 Å². The molecule has 36 heavy (non-hydrogen) atoms. The van der Waals surface area contributed by atoms with E-state index in [4.69, 9.17) is 18.7 Å². The van der Waals surface area contributed by atoms with E-state index < -0.39 is 13.2 Å². The summed E-state index contributed by atoms with van der Waals surface area (Å²) in [6, 6.07) is 10.7. The molecule has 8 heteroatoms. The Kier molecular flexibility index (Phi) is 9.37. The van der Waals surface area contributed by atoms with Crippen molar-refractivity contribution < 1.29 is 28.4 Å². The van der Waals surface area contributed by atoms with Gasteiger partial charge < -0.3 is 28.7 Å². The van der Waals surface area contributed by atoms with Gasteiger partial charge in [-0.25, -0.2) is 0 Å². The Morgan fingerprint density at radius 3 is 2.03 bits per heavy atom. The Hall–Kier alpha value is -2.21. The average molecular weight is 520 g/mol. The molecule has 3 rings (SSSR count). The first-order valence-corrected chi connectivity index (χ1v) is 14.3. The summed E-state index contributed by atoms with van der Waals surface area (Å²) in [5.41, 5.74) is 1.35. The smallest absolute Gasteiger partial charge is 0.264 e. The van der Waals surface area contributed by atoms with Crippen LogP contribution < -0.4 is 24.4 Å². The van der Waals surface area contributed by atoms with E-state index in [2.05, 4.69) is 20.8 Å². The van der Waals surface area contributed by atoms with Crippen molar-refractivity contribution in [1.29, 1.82) is 0 Å². The molecule has 2 aromatic carbocycles. The Balaban J connectivity index is 2.13. The van der Waals surface area contributed by atoms with Crippen molar-refractivity contribution in [2.45, 2.75) is 52.0 Å². The van der Waals surface area contributed by atoms with Crippen LogP contribution in [0.3, 0.4) is 0 Å². The Labute approximate surface area is 216 Å². The quantitative estimate of drug-likeness (QED) is 0.395. The zero-order valence-corrected chi connectivity index (χ0v) is 23.7. The van der Waals surface area contributed by atoms with Gasteiger partial charge in [0, 0.05) is 25.1 Å². The van der Waals surface area contributed by atoms with Gasteiger partial charge in [-0.15, -0.1) is 0 Å². The first-order valence-electron chi connectivity index (χ1n) is 12.6. The molecule has 0 radical (unpaired) electrons. The lowest BCUT2D eigenvalue weighted by Crippen LogP contribution is -2.35. The second kappa shape index (κ2) is 11.9. The molecule has 2 aromatic rings. The van der Waals surface area contributed by atoms with E-state index in [0.717, 1.165) is 24.9 Å². The van der Waals surface area contributed by atoms with Gasteiger partial charge in [0.1, 0.15) is 0 Å². The highest BCUT2D eigenvalue weighted by Gasteiger charge is 2.43. The summed E-state index contributed by atoms with van der Waals surface area (Å²) in [6.07, 6.45) is 2.73. The fraction of sp³-hybridized carbons (Fsp3) is 0.571. The van der Waals surface area contributed by atoms with Crippen molar-refractivity contribution in [3.8, 4) is 17.2 Å². The van der Waals surface area contributed by atoms with E-state index >= 15 is 0 Å². The van der Waals surface area contributed by atoms with Crippen LogP contribution in [0.4, 0.5) is 5.69 Å². The summed E-state index contributed by atoms with van der Waals surface area (Å²) in [6.45, 7) is 6.58. The lowest BCUT2D eigenvalue weighted by Gasteiger charge is -2.40. The molecule has 7 nitrogen and oxygen atoms in total. The van der Waals surface area contributed by atoms with Crippen LogP contribution in [-0.4, -0.2) is 46.6 Å². The standard InChI is InChI=1S/C28H42NO6P/c1-18(2)23-14-9-19(3)15-24(23)35-36(31,22-12-10-21(11-13-22)29(4)5)28(30)20-16-25(32-6)27(34-8)26(17-20)33-7/h10-13,16-19,23-24,28,30H,9,14-15H2,1-8H3. The van der Waals surface area contributed by atoms with Crippen molar-refractivity contribution in [3.63, 3.8) is 0 Å². The summed E-state index contributed by atoms with van der Waals surface area (Å²) in [5.74, 6) is 0.865. The Morgan fingerprint density at radius 2 is 1.56 bits per heavy atom. The molecule has 0 saturated heterocycles. The van der Waals surface area contributed by atoms with Crippen LogP contribution in [-0.2, 0) is 9.09 Å². The second-order valence-electron chi connectivity index (χ2n) is 10.3. The zero-order valence-electron chi connectivity index (χ0n) is 22.9. The molecule has 0 aliphatic heterocycles. The maximum atomic E-state index is 14.9. The summed E-state index contributed by atoms with van der Waals surface area (Å²) >= 11 is 0. The van der Waals surface area contributed by atoms with E-state index in [-0.39, 0.29) is 12.0 Å². The minimum atomic E-state index is -3.81. The molecule has 0 heterocycles. The lowest BCUT2D eigenvalue weighted by molar-refractivity contribution is 0.0427. The SMILES string of the molecule is COc1cc(C(O)P(=O)(OC2CC(C)CCC2C(C)C)c2ccc(N(C)C)cc2)cc(OC)c1OC. The highest BCUT2D eigenvalue weighted by molar-refractivity contribution is 7.67. The van der Waals surface area contributed by atoms with Crippen LogP contribution in [0.15, 0.2) is 36.4 Å². The van der Waals surface area contributed by atoms with Crippen molar-refractivity contribution in [2.24, 2.45) is 17.8 Å². The first kappa shape index (κ1) is 28.4. The number of ether oxygens (including phenoxy) is 3. The zero-order chi connectivity index (χ0) is 26.6. The van der Waals surface area contributed by atoms with E-state index in [1.165, 1.54) is 21.3 Å². The van der Waals surface area contributed by atoms with Gasteiger partial charge in [-0.1, -0.05) is 27.2 Å². The number of rotatable bonds is 10. The molecule has 5 unspecified atom stereocenters. The van der Waals surface area contributed by atoms with Gasteiger partial charge in [0.25, 0.3) is 7.37 Å². The number of nitrogens with zero attached hydrogens (tertiary/aromatic N) is 1. The van der Waals surface area contributed by atoms with E-state index in [9.17, 15) is 9.67 Å².